The van der Waals surface area contributed by atoms with Gasteiger partial charge in [0, 0.05) is 29.0 Å². The molecule has 0 atom stereocenters. The number of aromatic amines is 1. The van der Waals surface area contributed by atoms with Crippen molar-refractivity contribution in [3.8, 4) is 0 Å². The maximum atomic E-state index is 12.9. The molecule has 2 N–H and O–H groups in total. The molecule has 0 bridgehead atoms. The molecule has 2 heterocycles. The molecule has 0 fully saturated rings. The lowest BCUT2D eigenvalue weighted by atomic mass is 10.0. The Morgan fingerprint density at radius 1 is 1.07 bits per heavy atom. The number of H-pyrrole nitrogens is 1. The molecule has 0 aliphatic carbocycles. The van der Waals surface area contributed by atoms with Crippen LogP contribution in [0.2, 0.25) is 0 Å². The van der Waals surface area contributed by atoms with Crippen LogP contribution in [0.3, 0.4) is 0 Å². The van der Waals surface area contributed by atoms with Gasteiger partial charge in [-0.25, -0.2) is 0 Å². The summed E-state index contributed by atoms with van der Waals surface area (Å²) < 4.78 is 26.5. The first-order valence-electron chi connectivity index (χ1n) is 9.14. The molecular formula is C21H20N4O3S. The average molecular weight is 408 g/mol. The van der Waals surface area contributed by atoms with E-state index in [2.05, 4.69) is 29.2 Å². The number of fused-ring (bicyclic) bond motifs is 1. The number of hydrogen-bond donors (Lipinski definition) is 2. The number of aromatic nitrogens is 3. The second kappa shape index (κ2) is 7.21. The van der Waals surface area contributed by atoms with Crippen LogP contribution >= 0.6 is 0 Å². The Labute approximate surface area is 168 Å². The van der Waals surface area contributed by atoms with Crippen molar-refractivity contribution in [3.63, 3.8) is 0 Å². The number of nitrogens with zero attached hydrogens (tertiary/aromatic N) is 2. The summed E-state index contributed by atoms with van der Waals surface area (Å²) in [4.78, 5) is 15.6. The van der Waals surface area contributed by atoms with Gasteiger partial charge in [0.05, 0.1) is 4.90 Å². The van der Waals surface area contributed by atoms with Gasteiger partial charge in [0.2, 0.25) is 0 Å². The van der Waals surface area contributed by atoms with Gasteiger partial charge in [-0.3, -0.25) is 4.79 Å². The molecule has 0 radical (unpaired) electrons. The fraction of sp³-hybridized carbons (Fsp3) is 0.143. The van der Waals surface area contributed by atoms with E-state index in [-0.39, 0.29) is 10.6 Å². The van der Waals surface area contributed by atoms with Crippen LogP contribution in [0, 0.1) is 0 Å². The molecule has 4 aromatic rings. The third-order valence-electron chi connectivity index (χ3n) is 4.70. The van der Waals surface area contributed by atoms with E-state index in [9.17, 15) is 13.2 Å². The molecule has 0 unspecified atom stereocenters. The van der Waals surface area contributed by atoms with Gasteiger partial charge in [0.15, 0.2) is 5.69 Å². The quantitative estimate of drug-likeness (QED) is 0.522. The van der Waals surface area contributed by atoms with Crippen LogP contribution in [0.15, 0.2) is 71.9 Å². The average Bonchev–Trinajstić information content (AvgIpc) is 3.37. The Morgan fingerprint density at radius 2 is 1.83 bits per heavy atom. The summed E-state index contributed by atoms with van der Waals surface area (Å²) in [5, 5.41) is 7.49. The topological polar surface area (TPSA) is 96.9 Å². The van der Waals surface area contributed by atoms with Crippen molar-refractivity contribution in [2.75, 3.05) is 5.32 Å². The van der Waals surface area contributed by atoms with E-state index in [1.807, 2.05) is 24.3 Å². The normalized spacial score (nSPS) is 11.8. The first kappa shape index (κ1) is 18.9. The Kier molecular flexibility index (Phi) is 4.71. The summed E-state index contributed by atoms with van der Waals surface area (Å²) in [7, 11) is -3.90. The third-order valence-corrected chi connectivity index (χ3v) is 6.25. The van der Waals surface area contributed by atoms with E-state index >= 15 is 0 Å². The van der Waals surface area contributed by atoms with Crippen molar-refractivity contribution >= 4 is 32.5 Å². The molecule has 8 heteroatoms. The lowest BCUT2D eigenvalue weighted by Crippen LogP contribution is -2.17. The first-order valence-corrected chi connectivity index (χ1v) is 10.6. The number of carbonyl (C=O) groups excluding carboxylic acids is 1. The molecule has 0 saturated heterocycles. The number of hydrogen-bond acceptors (Lipinski definition) is 4. The zero-order chi connectivity index (χ0) is 20.6. The number of rotatable bonds is 5. The Balaban J connectivity index is 1.55. The van der Waals surface area contributed by atoms with Crippen LogP contribution in [0.25, 0.3) is 10.9 Å². The zero-order valence-corrected chi connectivity index (χ0v) is 16.8. The number of nitrogens with one attached hydrogen (secondary N) is 2. The monoisotopic (exact) mass is 408 g/mol. The molecule has 2 aromatic heterocycles. The fourth-order valence-corrected chi connectivity index (χ4v) is 4.16. The molecule has 1 amide bonds. The van der Waals surface area contributed by atoms with Crippen molar-refractivity contribution in [3.05, 3.63) is 78.2 Å². The SMILES string of the molecule is CC(C)c1ccc(NC(=O)c2ccn(S(=O)(=O)c3ccc4[nH]ccc4c3)n2)cc1. The largest absolute Gasteiger partial charge is 0.361 e. The fourth-order valence-electron chi connectivity index (χ4n) is 3.01. The summed E-state index contributed by atoms with van der Waals surface area (Å²) >= 11 is 0. The van der Waals surface area contributed by atoms with Gasteiger partial charge >= 0.3 is 0 Å². The minimum atomic E-state index is -3.90. The van der Waals surface area contributed by atoms with E-state index in [0.29, 0.717) is 11.6 Å². The molecular weight excluding hydrogens is 388 g/mol. The van der Waals surface area contributed by atoms with Crippen molar-refractivity contribution < 1.29 is 13.2 Å². The van der Waals surface area contributed by atoms with Gasteiger partial charge in [0.1, 0.15) is 0 Å². The molecule has 2 aromatic carbocycles. The van der Waals surface area contributed by atoms with Crippen LogP contribution in [-0.2, 0) is 10.0 Å². The van der Waals surface area contributed by atoms with E-state index in [1.54, 1.807) is 24.4 Å². The predicted molar refractivity (Wildman–Crippen MR) is 112 cm³/mol. The van der Waals surface area contributed by atoms with Crippen LogP contribution < -0.4 is 5.32 Å². The number of anilines is 1. The van der Waals surface area contributed by atoms with E-state index < -0.39 is 15.9 Å². The van der Waals surface area contributed by atoms with Crippen LogP contribution in [-0.4, -0.2) is 28.5 Å². The number of benzene rings is 2. The highest BCUT2D eigenvalue weighted by Gasteiger charge is 2.20. The third kappa shape index (κ3) is 3.66. The van der Waals surface area contributed by atoms with Gasteiger partial charge in [-0.05, 0) is 53.9 Å². The maximum Gasteiger partial charge on any atom is 0.282 e. The summed E-state index contributed by atoms with van der Waals surface area (Å²) in [5.41, 5.74) is 2.64. The molecule has 4 rings (SSSR count). The second-order valence-corrected chi connectivity index (χ2v) is 8.83. The van der Waals surface area contributed by atoms with Gasteiger partial charge in [-0.1, -0.05) is 26.0 Å². The Hall–Kier alpha value is -3.39. The van der Waals surface area contributed by atoms with Crippen LogP contribution in [0.1, 0.15) is 35.8 Å². The lowest BCUT2D eigenvalue weighted by Gasteiger charge is -2.07. The van der Waals surface area contributed by atoms with Crippen molar-refractivity contribution in [2.24, 2.45) is 0 Å². The molecule has 0 aliphatic heterocycles. The van der Waals surface area contributed by atoms with Crippen molar-refractivity contribution in [1.82, 2.24) is 14.2 Å². The van der Waals surface area contributed by atoms with E-state index in [4.69, 9.17) is 0 Å². The summed E-state index contributed by atoms with van der Waals surface area (Å²) in [6.07, 6.45) is 3.01. The Bertz CT molecular complexity index is 1280. The molecule has 0 saturated carbocycles. The highest BCUT2D eigenvalue weighted by molar-refractivity contribution is 7.89. The van der Waals surface area contributed by atoms with Gasteiger partial charge < -0.3 is 10.3 Å². The smallest absolute Gasteiger partial charge is 0.282 e. The maximum absolute atomic E-state index is 12.9. The molecule has 148 valence electrons. The van der Waals surface area contributed by atoms with Crippen LogP contribution in [0.4, 0.5) is 5.69 Å². The molecule has 0 spiro atoms. The van der Waals surface area contributed by atoms with Gasteiger partial charge in [0.25, 0.3) is 15.9 Å². The lowest BCUT2D eigenvalue weighted by molar-refractivity contribution is 0.102. The summed E-state index contributed by atoms with van der Waals surface area (Å²) in [6, 6.07) is 15.5. The van der Waals surface area contributed by atoms with E-state index in [1.165, 1.54) is 18.3 Å². The van der Waals surface area contributed by atoms with Gasteiger partial charge in [-0.2, -0.15) is 17.6 Å². The van der Waals surface area contributed by atoms with Crippen molar-refractivity contribution in [1.29, 1.82) is 0 Å². The molecule has 0 aliphatic rings. The van der Waals surface area contributed by atoms with E-state index in [0.717, 1.165) is 20.6 Å². The zero-order valence-electron chi connectivity index (χ0n) is 16.0. The van der Waals surface area contributed by atoms with Crippen molar-refractivity contribution in [2.45, 2.75) is 24.7 Å². The standard InChI is InChI=1S/C21H20N4O3S/c1-14(2)15-3-5-17(6-4-15)23-21(26)20-10-12-25(24-20)29(27,28)18-7-8-19-16(13-18)9-11-22-19/h3-14,22H,1-2H3,(H,23,26). The number of amides is 1. The Morgan fingerprint density at radius 3 is 2.55 bits per heavy atom. The first-order chi connectivity index (χ1) is 13.8. The summed E-state index contributed by atoms with van der Waals surface area (Å²) in [5.74, 6) is -0.0801. The highest BCUT2D eigenvalue weighted by atomic mass is 32.2. The van der Waals surface area contributed by atoms with Crippen LogP contribution in [0.5, 0.6) is 0 Å². The number of carbonyl (C=O) groups is 1. The highest BCUT2D eigenvalue weighted by Crippen LogP contribution is 2.21. The minimum Gasteiger partial charge on any atom is -0.361 e. The minimum absolute atomic E-state index is 0.0178. The van der Waals surface area contributed by atoms with Gasteiger partial charge in [-0.15, -0.1) is 0 Å². The predicted octanol–water partition coefficient (Wildman–Crippen LogP) is 3.98. The summed E-state index contributed by atoms with van der Waals surface area (Å²) in [6.45, 7) is 4.18. The second-order valence-electron chi connectivity index (χ2n) is 7.04. The molecule has 7 nitrogen and oxygen atoms in total. The molecule has 29 heavy (non-hydrogen) atoms.